The lowest BCUT2D eigenvalue weighted by atomic mass is 9.80. The molecular weight excluding hydrogens is 381 g/mol. The van der Waals surface area contributed by atoms with Gasteiger partial charge in [-0.05, 0) is 30.1 Å². The summed E-state index contributed by atoms with van der Waals surface area (Å²) >= 11 is 0. The van der Waals surface area contributed by atoms with E-state index >= 15 is 0 Å². The van der Waals surface area contributed by atoms with Gasteiger partial charge in [0.2, 0.25) is 0 Å². The van der Waals surface area contributed by atoms with Crippen LogP contribution in [0.2, 0.25) is 0 Å². The Bertz CT molecular complexity index is 1240. The summed E-state index contributed by atoms with van der Waals surface area (Å²) < 4.78 is 0. The molecule has 0 saturated carbocycles. The second kappa shape index (κ2) is 7.98. The van der Waals surface area contributed by atoms with Crippen molar-refractivity contribution in [2.24, 2.45) is 5.73 Å². The molecule has 0 fully saturated rings. The summed E-state index contributed by atoms with van der Waals surface area (Å²) in [5, 5.41) is 22.7. The first kappa shape index (κ1) is 19.6. The third-order valence-electron chi connectivity index (χ3n) is 4.89. The van der Waals surface area contributed by atoms with Gasteiger partial charge in [-0.25, -0.2) is 9.97 Å². The SMILES string of the molecule is Cc1[nH]c2c(C(N)=O)cccc2c1-c1nccc(NCc2cccc(B(O)O)c2)n1. The number of H-pyrrole nitrogens is 1. The van der Waals surface area contributed by atoms with Crippen molar-refractivity contribution in [1.29, 1.82) is 0 Å². The van der Waals surface area contributed by atoms with Crippen molar-refractivity contribution in [2.45, 2.75) is 13.5 Å². The summed E-state index contributed by atoms with van der Waals surface area (Å²) in [5.41, 5.74) is 9.53. The average Bonchev–Trinajstić information content (AvgIpc) is 3.08. The van der Waals surface area contributed by atoms with Crippen molar-refractivity contribution >= 4 is 35.2 Å². The normalized spacial score (nSPS) is 10.9. The molecule has 4 rings (SSSR count). The summed E-state index contributed by atoms with van der Waals surface area (Å²) in [6.45, 7) is 2.35. The van der Waals surface area contributed by atoms with E-state index in [4.69, 9.17) is 5.73 Å². The number of aromatic amines is 1. The van der Waals surface area contributed by atoms with Crippen molar-refractivity contribution in [1.82, 2.24) is 15.0 Å². The molecule has 0 aliphatic heterocycles. The summed E-state index contributed by atoms with van der Waals surface area (Å²) in [4.78, 5) is 24.0. The van der Waals surface area contributed by atoms with Crippen LogP contribution in [-0.2, 0) is 6.54 Å². The molecule has 2 heterocycles. The van der Waals surface area contributed by atoms with Crippen molar-refractivity contribution < 1.29 is 14.8 Å². The first-order chi connectivity index (χ1) is 14.4. The van der Waals surface area contributed by atoms with Gasteiger partial charge in [0, 0.05) is 29.4 Å². The van der Waals surface area contributed by atoms with Crippen molar-refractivity contribution in [3.63, 3.8) is 0 Å². The minimum absolute atomic E-state index is 0.419. The number of carbonyl (C=O) groups is 1. The number of rotatable bonds is 6. The molecule has 30 heavy (non-hydrogen) atoms. The molecule has 0 radical (unpaired) electrons. The number of carbonyl (C=O) groups excluding carboxylic acids is 1. The van der Waals surface area contributed by atoms with Gasteiger partial charge in [0.1, 0.15) is 5.82 Å². The van der Waals surface area contributed by atoms with E-state index in [0.717, 1.165) is 22.2 Å². The smallest absolute Gasteiger partial charge is 0.423 e. The van der Waals surface area contributed by atoms with Gasteiger partial charge >= 0.3 is 7.12 Å². The highest BCUT2D eigenvalue weighted by Crippen LogP contribution is 2.32. The molecule has 2 aromatic carbocycles. The summed E-state index contributed by atoms with van der Waals surface area (Å²) in [6, 6.07) is 14.1. The summed E-state index contributed by atoms with van der Waals surface area (Å²) in [7, 11) is -1.51. The zero-order chi connectivity index (χ0) is 21.3. The second-order valence-electron chi connectivity index (χ2n) is 6.96. The number of fused-ring (bicyclic) bond motifs is 1. The highest BCUT2D eigenvalue weighted by molar-refractivity contribution is 6.58. The highest BCUT2D eigenvalue weighted by Gasteiger charge is 2.17. The molecule has 8 nitrogen and oxygen atoms in total. The molecule has 0 spiro atoms. The maximum atomic E-state index is 11.7. The van der Waals surface area contributed by atoms with Crippen LogP contribution in [0.4, 0.5) is 5.82 Å². The molecule has 0 atom stereocenters. The number of aromatic nitrogens is 3. The lowest BCUT2D eigenvalue weighted by Gasteiger charge is -2.09. The lowest BCUT2D eigenvalue weighted by Crippen LogP contribution is -2.30. The molecule has 4 aromatic rings. The Hall–Kier alpha value is -3.69. The number of hydrogen-bond donors (Lipinski definition) is 5. The van der Waals surface area contributed by atoms with E-state index in [1.54, 1.807) is 42.6 Å². The van der Waals surface area contributed by atoms with Crippen LogP contribution in [0, 0.1) is 6.92 Å². The Labute approximate surface area is 173 Å². The van der Waals surface area contributed by atoms with Crippen molar-refractivity contribution in [3.05, 3.63) is 71.5 Å². The van der Waals surface area contributed by atoms with Crippen molar-refractivity contribution in [2.75, 3.05) is 5.32 Å². The Morgan fingerprint density at radius 3 is 2.77 bits per heavy atom. The van der Waals surface area contributed by atoms with Gasteiger partial charge in [-0.2, -0.15) is 0 Å². The van der Waals surface area contributed by atoms with Gasteiger partial charge < -0.3 is 26.1 Å². The molecule has 9 heteroatoms. The number of aryl methyl sites for hydroxylation is 1. The molecule has 0 unspecified atom stereocenters. The third-order valence-corrected chi connectivity index (χ3v) is 4.89. The number of anilines is 1. The third kappa shape index (κ3) is 3.76. The number of nitrogens with zero attached hydrogens (tertiary/aromatic N) is 2. The fourth-order valence-corrected chi connectivity index (χ4v) is 3.47. The maximum absolute atomic E-state index is 11.7. The van der Waals surface area contributed by atoms with E-state index in [2.05, 4.69) is 20.3 Å². The Kier molecular flexibility index (Phi) is 5.22. The average molecular weight is 401 g/mol. The van der Waals surface area contributed by atoms with Crippen LogP contribution in [0.3, 0.4) is 0 Å². The topological polar surface area (TPSA) is 137 Å². The van der Waals surface area contributed by atoms with Crippen LogP contribution in [0.25, 0.3) is 22.3 Å². The second-order valence-corrected chi connectivity index (χ2v) is 6.96. The summed E-state index contributed by atoms with van der Waals surface area (Å²) in [6.07, 6.45) is 1.66. The minimum atomic E-state index is -1.51. The lowest BCUT2D eigenvalue weighted by molar-refractivity contribution is 0.100. The molecule has 0 bridgehead atoms. The van der Waals surface area contributed by atoms with Crippen molar-refractivity contribution in [3.8, 4) is 11.4 Å². The standard InChI is InChI=1S/C21H20BN5O3/c1-12-18(15-6-3-7-16(20(23)28)19(15)26-12)21-24-9-8-17(27-21)25-11-13-4-2-5-14(10-13)22(29)30/h2-10,26,29-30H,11H2,1H3,(H2,23,28)(H,24,25,27). The number of amides is 1. The van der Waals surface area contributed by atoms with E-state index in [1.807, 2.05) is 19.1 Å². The predicted molar refractivity (Wildman–Crippen MR) is 116 cm³/mol. The first-order valence-electron chi connectivity index (χ1n) is 9.37. The number of nitrogens with two attached hydrogens (primary N) is 1. The van der Waals surface area contributed by atoms with Crippen LogP contribution in [0.1, 0.15) is 21.6 Å². The maximum Gasteiger partial charge on any atom is 0.488 e. The molecule has 150 valence electrons. The first-order valence-corrected chi connectivity index (χ1v) is 9.37. The number of primary amides is 1. The van der Waals surface area contributed by atoms with Crippen LogP contribution < -0.4 is 16.5 Å². The van der Waals surface area contributed by atoms with E-state index in [1.165, 1.54) is 0 Å². The minimum Gasteiger partial charge on any atom is -0.423 e. The number of para-hydroxylation sites is 1. The molecule has 6 N–H and O–H groups in total. The fourth-order valence-electron chi connectivity index (χ4n) is 3.47. The van der Waals surface area contributed by atoms with Gasteiger partial charge in [0.15, 0.2) is 5.82 Å². The number of nitrogens with one attached hydrogen (secondary N) is 2. The van der Waals surface area contributed by atoms with Crippen LogP contribution in [0.15, 0.2) is 54.7 Å². The molecule has 1 amide bonds. The fraction of sp³-hybridized carbons (Fsp3) is 0.0952. The zero-order valence-electron chi connectivity index (χ0n) is 16.3. The number of hydrogen-bond acceptors (Lipinski definition) is 6. The molecule has 0 saturated heterocycles. The van der Waals surface area contributed by atoms with E-state index in [0.29, 0.717) is 34.7 Å². The molecule has 2 aromatic heterocycles. The van der Waals surface area contributed by atoms with Crippen LogP contribution >= 0.6 is 0 Å². The molecular formula is C21H20BN5O3. The molecule has 0 aliphatic carbocycles. The van der Waals surface area contributed by atoms with Gasteiger partial charge in [-0.15, -0.1) is 0 Å². The molecule has 0 aliphatic rings. The zero-order valence-corrected chi connectivity index (χ0v) is 16.3. The van der Waals surface area contributed by atoms with Crippen LogP contribution in [0.5, 0.6) is 0 Å². The van der Waals surface area contributed by atoms with Crippen LogP contribution in [-0.4, -0.2) is 38.0 Å². The van der Waals surface area contributed by atoms with Gasteiger partial charge in [-0.3, -0.25) is 4.79 Å². The Morgan fingerprint density at radius 1 is 1.20 bits per heavy atom. The highest BCUT2D eigenvalue weighted by atomic mass is 16.4. The van der Waals surface area contributed by atoms with Gasteiger partial charge in [0.25, 0.3) is 5.91 Å². The summed E-state index contributed by atoms with van der Waals surface area (Å²) in [5.74, 6) is 0.639. The van der Waals surface area contributed by atoms with E-state index in [-0.39, 0.29) is 0 Å². The van der Waals surface area contributed by atoms with Gasteiger partial charge in [0.05, 0.1) is 11.1 Å². The van der Waals surface area contributed by atoms with Gasteiger partial charge in [-0.1, -0.05) is 36.4 Å². The number of benzene rings is 2. The predicted octanol–water partition coefficient (Wildman–Crippen LogP) is 1.32. The largest absolute Gasteiger partial charge is 0.488 e. The Morgan fingerprint density at radius 2 is 2.00 bits per heavy atom. The van der Waals surface area contributed by atoms with E-state index < -0.39 is 13.0 Å². The quantitative estimate of drug-likeness (QED) is 0.309. The Balaban J connectivity index is 1.64. The van der Waals surface area contributed by atoms with E-state index in [9.17, 15) is 14.8 Å². The monoisotopic (exact) mass is 401 g/mol.